The second kappa shape index (κ2) is 8.34. The van der Waals surface area contributed by atoms with Gasteiger partial charge in [0.1, 0.15) is 11.3 Å². The van der Waals surface area contributed by atoms with Gasteiger partial charge in [0.2, 0.25) is 0 Å². The lowest BCUT2D eigenvalue weighted by Crippen LogP contribution is -2.51. The topological polar surface area (TPSA) is 46.4 Å². The zero-order chi connectivity index (χ0) is 15.5. The molecule has 2 aliphatic rings. The molecular weight excluding hydrogens is 324 g/mol. The average molecular weight is 351 g/mol. The van der Waals surface area contributed by atoms with Gasteiger partial charge >= 0.3 is 0 Å². The Morgan fingerprint density at radius 1 is 1.21 bits per heavy atom. The standard InChI is InChI=1S/C19H26N2O2.ClH/c1-2-7-19-14(4-1)12-15(23-19)8-9-20-17-6-3-5-16(17)18-13-22-11-10-21-18;/h1-2,4,7,12,16-18,20-21H,3,5-6,8-11,13H2;1H. The Morgan fingerprint density at radius 3 is 2.96 bits per heavy atom. The van der Waals surface area contributed by atoms with Crippen LogP contribution in [0.2, 0.25) is 0 Å². The number of morpholine rings is 1. The van der Waals surface area contributed by atoms with Crippen molar-refractivity contribution in [2.45, 2.75) is 37.8 Å². The van der Waals surface area contributed by atoms with Crippen LogP contribution >= 0.6 is 12.4 Å². The van der Waals surface area contributed by atoms with Crippen LogP contribution in [0.25, 0.3) is 11.0 Å². The highest BCUT2D eigenvalue weighted by Crippen LogP contribution is 2.29. The number of ether oxygens (including phenoxy) is 1. The van der Waals surface area contributed by atoms with Gasteiger partial charge < -0.3 is 19.8 Å². The molecule has 3 atom stereocenters. The van der Waals surface area contributed by atoms with Gasteiger partial charge in [-0.2, -0.15) is 0 Å². The predicted octanol–water partition coefficient (Wildman–Crippen LogP) is 3.14. The van der Waals surface area contributed by atoms with Crippen molar-refractivity contribution in [2.75, 3.05) is 26.3 Å². The van der Waals surface area contributed by atoms with Gasteiger partial charge in [-0.15, -0.1) is 12.4 Å². The van der Waals surface area contributed by atoms with E-state index in [0.717, 1.165) is 44.1 Å². The van der Waals surface area contributed by atoms with Gasteiger partial charge in [-0.3, -0.25) is 0 Å². The molecule has 1 aromatic carbocycles. The number of hydrogen-bond acceptors (Lipinski definition) is 4. The molecule has 1 saturated carbocycles. The van der Waals surface area contributed by atoms with Crippen LogP contribution in [-0.2, 0) is 11.2 Å². The van der Waals surface area contributed by atoms with Gasteiger partial charge in [0.15, 0.2) is 0 Å². The third kappa shape index (κ3) is 3.94. The number of rotatable bonds is 5. The molecule has 0 spiro atoms. The summed E-state index contributed by atoms with van der Waals surface area (Å²) in [6.07, 6.45) is 4.87. The lowest BCUT2D eigenvalue weighted by Gasteiger charge is -2.33. The lowest BCUT2D eigenvalue weighted by atomic mass is 9.94. The van der Waals surface area contributed by atoms with Crippen molar-refractivity contribution in [2.24, 2.45) is 5.92 Å². The van der Waals surface area contributed by atoms with Crippen molar-refractivity contribution in [3.63, 3.8) is 0 Å². The molecule has 5 heteroatoms. The van der Waals surface area contributed by atoms with Gasteiger partial charge in [0, 0.05) is 37.0 Å². The number of fused-ring (bicyclic) bond motifs is 1. The summed E-state index contributed by atoms with van der Waals surface area (Å²) in [5, 5.41) is 8.60. The molecule has 0 bridgehead atoms. The van der Waals surface area contributed by atoms with Crippen LogP contribution in [0.15, 0.2) is 34.7 Å². The maximum atomic E-state index is 5.90. The van der Waals surface area contributed by atoms with Crippen LogP contribution < -0.4 is 10.6 Å². The number of benzene rings is 1. The van der Waals surface area contributed by atoms with Crippen molar-refractivity contribution in [1.29, 1.82) is 0 Å². The molecule has 1 aromatic heterocycles. The van der Waals surface area contributed by atoms with Gasteiger partial charge in [0.25, 0.3) is 0 Å². The third-order valence-corrected chi connectivity index (χ3v) is 5.29. The minimum Gasteiger partial charge on any atom is -0.461 e. The SMILES string of the molecule is Cl.c1ccc2oc(CCNC3CCCC3C3COCCN3)cc2c1. The summed E-state index contributed by atoms with van der Waals surface area (Å²) in [5.74, 6) is 1.78. The second-order valence-electron chi connectivity index (χ2n) is 6.79. The first-order chi connectivity index (χ1) is 11.4. The maximum Gasteiger partial charge on any atom is 0.134 e. The molecule has 0 amide bonds. The Balaban J connectivity index is 0.00000169. The van der Waals surface area contributed by atoms with E-state index in [1.54, 1.807) is 0 Å². The van der Waals surface area contributed by atoms with Crippen molar-refractivity contribution >= 4 is 23.4 Å². The van der Waals surface area contributed by atoms with Gasteiger partial charge in [-0.25, -0.2) is 0 Å². The fraction of sp³-hybridized carbons (Fsp3) is 0.579. The highest BCUT2D eigenvalue weighted by molar-refractivity contribution is 5.85. The van der Waals surface area contributed by atoms with Crippen molar-refractivity contribution in [1.82, 2.24) is 10.6 Å². The quantitative estimate of drug-likeness (QED) is 0.869. The van der Waals surface area contributed by atoms with Crippen LogP contribution in [0.4, 0.5) is 0 Å². The first-order valence-corrected chi connectivity index (χ1v) is 8.92. The summed E-state index contributed by atoms with van der Waals surface area (Å²) in [7, 11) is 0. The highest BCUT2D eigenvalue weighted by Gasteiger charge is 2.34. The molecule has 4 nitrogen and oxygen atoms in total. The average Bonchev–Trinajstić information content (AvgIpc) is 3.22. The van der Waals surface area contributed by atoms with E-state index in [0.29, 0.717) is 18.0 Å². The molecule has 3 unspecified atom stereocenters. The van der Waals surface area contributed by atoms with E-state index in [9.17, 15) is 0 Å². The number of nitrogens with one attached hydrogen (secondary N) is 2. The van der Waals surface area contributed by atoms with Crippen molar-refractivity contribution in [3.8, 4) is 0 Å². The van der Waals surface area contributed by atoms with Gasteiger partial charge in [-0.1, -0.05) is 24.6 Å². The van der Waals surface area contributed by atoms with E-state index in [1.807, 2.05) is 12.1 Å². The Labute approximate surface area is 149 Å². The Hall–Kier alpha value is -1.07. The molecule has 2 N–H and O–H groups in total. The van der Waals surface area contributed by atoms with E-state index < -0.39 is 0 Å². The molecule has 2 heterocycles. The summed E-state index contributed by atoms with van der Waals surface area (Å²) in [5.41, 5.74) is 0.991. The molecule has 132 valence electrons. The highest BCUT2D eigenvalue weighted by atomic mass is 35.5. The summed E-state index contributed by atoms with van der Waals surface area (Å²) in [4.78, 5) is 0. The Morgan fingerprint density at radius 2 is 2.12 bits per heavy atom. The molecule has 1 aliphatic heterocycles. The molecule has 1 saturated heterocycles. The van der Waals surface area contributed by atoms with Crippen LogP contribution in [0.3, 0.4) is 0 Å². The smallest absolute Gasteiger partial charge is 0.134 e. The molecular formula is C19H27ClN2O2. The van der Waals surface area contributed by atoms with E-state index in [2.05, 4.69) is 28.8 Å². The fourth-order valence-electron chi connectivity index (χ4n) is 4.13. The van der Waals surface area contributed by atoms with E-state index in [-0.39, 0.29) is 12.4 Å². The van der Waals surface area contributed by atoms with Crippen LogP contribution in [0.5, 0.6) is 0 Å². The zero-order valence-corrected chi connectivity index (χ0v) is 14.8. The molecule has 0 radical (unpaired) electrons. The van der Waals surface area contributed by atoms with Gasteiger partial charge in [-0.05, 0) is 30.9 Å². The van der Waals surface area contributed by atoms with Crippen LogP contribution in [0.1, 0.15) is 25.0 Å². The third-order valence-electron chi connectivity index (χ3n) is 5.29. The van der Waals surface area contributed by atoms with Crippen molar-refractivity contribution < 1.29 is 9.15 Å². The molecule has 4 rings (SSSR count). The normalized spacial score (nSPS) is 27.2. The largest absolute Gasteiger partial charge is 0.461 e. The number of halogens is 1. The summed E-state index contributed by atoms with van der Waals surface area (Å²) in [6.45, 7) is 3.70. The summed E-state index contributed by atoms with van der Waals surface area (Å²) < 4.78 is 11.5. The minimum atomic E-state index is 0. The van der Waals surface area contributed by atoms with Crippen molar-refractivity contribution in [3.05, 3.63) is 36.1 Å². The summed E-state index contributed by atoms with van der Waals surface area (Å²) in [6, 6.07) is 11.5. The number of hydrogen-bond donors (Lipinski definition) is 2. The Bertz CT molecular complexity index is 606. The lowest BCUT2D eigenvalue weighted by molar-refractivity contribution is 0.0525. The second-order valence-corrected chi connectivity index (χ2v) is 6.79. The maximum absolute atomic E-state index is 5.90. The first kappa shape index (κ1) is 17.7. The number of para-hydroxylation sites is 1. The Kier molecular flexibility index (Phi) is 6.17. The predicted molar refractivity (Wildman–Crippen MR) is 98.9 cm³/mol. The molecule has 2 aromatic rings. The zero-order valence-electron chi connectivity index (χ0n) is 14.0. The van der Waals surface area contributed by atoms with Crippen LogP contribution in [0, 0.1) is 5.92 Å². The van der Waals surface area contributed by atoms with Gasteiger partial charge in [0.05, 0.1) is 13.2 Å². The fourth-order valence-corrected chi connectivity index (χ4v) is 4.13. The van der Waals surface area contributed by atoms with Crippen LogP contribution in [-0.4, -0.2) is 38.4 Å². The van der Waals surface area contributed by atoms with E-state index >= 15 is 0 Å². The molecule has 2 fully saturated rings. The minimum absolute atomic E-state index is 0. The summed E-state index contributed by atoms with van der Waals surface area (Å²) >= 11 is 0. The monoisotopic (exact) mass is 350 g/mol. The van der Waals surface area contributed by atoms with E-state index in [1.165, 1.54) is 24.6 Å². The first-order valence-electron chi connectivity index (χ1n) is 8.92. The molecule has 1 aliphatic carbocycles. The molecule has 24 heavy (non-hydrogen) atoms. The number of furan rings is 1. The van der Waals surface area contributed by atoms with E-state index in [4.69, 9.17) is 9.15 Å².